The van der Waals surface area contributed by atoms with Gasteiger partial charge in [0.2, 0.25) is 0 Å². The molecule has 1 saturated heterocycles. The van der Waals surface area contributed by atoms with Crippen LogP contribution in [0.5, 0.6) is 0 Å². The van der Waals surface area contributed by atoms with Crippen LogP contribution in [0.1, 0.15) is 39.7 Å². The minimum Gasteiger partial charge on any atom is -0.361 e. The zero-order valence-electron chi connectivity index (χ0n) is 12.1. The fourth-order valence-electron chi connectivity index (χ4n) is 2.90. The number of likely N-dealkylation sites (tertiary alicyclic amines) is 1. The number of nitrogens with zero attached hydrogens (tertiary/aromatic N) is 2. The normalized spacial score (nSPS) is 18.2. The lowest BCUT2D eigenvalue weighted by Gasteiger charge is -2.16. The van der Waals surface area contributed by atoms with E-state index in [1.165, 1.54) is 12.1 Å². The molecule has 2 aromatic rings. The van der Waals surface area contributed by atoms with Crippen LogP contribution in [0.2, 0.25) is 0 Å². The lowest BCUT2D eigenvalue weighted by atomic mass is 9.98. The third kappa shape index (κ3) is 2.55. The van der Waals surface area contributed by atoms with Gasteiger partial charge in [0.05, 0.1) is 5.69 Å². The molecule has 1 atom stereocenters. The molecule has 1 amide bonds. The quantitative estimate of drug-likeness (QED) is 0.853. The van der Waals surface area contributed by atoms with Gasteiger partial charge in [-0.05, 0) is 38.0 Å². The monoisotopic (exact) mass is 288 g/mol. The average Bonchev–Trinajstić information content (AvgIpc) is 3.07. The van der Waals surface area contributed by atoms with Gasteiger partial charge in [0.15, 0.2) is 0 Å². The van der Waals surface area contributed by atoms with E-state index in [9.17, 15) is 9.18 Å². The molecule has 5 heteroatoms. The van der Waals surface area contributed by atoms with Crippen LogP contribution >= 0.6 is 0 Å². The highest BCUT2D eigenvalue weighted by atomic mass is 19.1. The van der Waals surface area contributed by atoms with Crippen LogP contribution < -0.4 is 0 Å². The van der Waals surface area contributed by atoms with Gasteiger partial charge < -0.3 is 9.42 Å². The van der Waals surface area contributed by atoms with E-state index in [-0.39, 0.29) is 17.6 Å². The Kier molecular flexibility index (Phi) is 3.49. The summed E-state index contributed by atoms with van der Waals surface area (Å²) in [5, 5.41) is 3.83. The van der Waals surface area contributed by atoms with Gasteiger partial charge in [-0.15, -0.1) is 0 Å². The van der Waals surface area contributed by atoms with E-state index >= 15 is 0 Å². The zero-order chi connectivity index (χ0) is 15.0. The SMILES string of the molecule is Cc1noc(C)c1C(=O)N1CC[C@H](c2ccc(F)cc2)C1. The summed E-state index contributed by atoms with van der Waals surface area (Å²) in [6.45, 7) is 4.87. The molecule has 0 N–H and O–H groups in total. The highest BCUT2D eigenvalue weighted by molar-refractivity contribution is 5.96. The van der Waals surface area contributed by atoms with E-state index in [0.29, 0.717) is 30.1 Å². The first kappa shape index (κ1) is 13.8. The Hall–Kier alpha value is -2.17. The predicted molar refractivity (Wildman–Crippen MR) is 75.6 cm³/mol. The summed E-state index contributed by atoms with van der Waals surface area (Å²) in [5.74, 6) is 0.550. The Morgan fingerprint density at radius 2 is 2.05 bits per heavy atom. The zero-order valence-corrected chi connectivity index (χ0v) is 12.1. The first-order valence-corrected chi connectivity index (χ1v) is 7.04. The van der Waals surface area contributed by atoms with Crippen molar-refractivity contribution in [1.82, 2.24) is 10.1 Å². The molecule has 1 aliphatic heterocycles. The molecule has 0 saturated carbocycles. The van der Waals surface area contributed by atoms with Crippen LogP contribution in [0.3, 0.4) is 0 Å². The van der Waals surface area contributed by atoms with Crippen LogP contribution in [0.25, 0.3) is 0 Å². The summed E-state index contributed by atoms with van der Waals surface area (Å²) in [6.07, 6.45) is 0.890. The topological polar surface area (TPSA) is 46.3 Å². The molecule has 4 nitrogen and oxygen atoms in total. The van der Waals surface area contributed by atoms with Gasteiger partial charge in [0.1, 0.15) is 17.1 Å². The van der Waals surface area contributed by atoms with Crippen molar-refractivity contribution in [1.29, 1.82) is 0 Å². The maximum Gasteiger partial charge on any atom is 0.259 e. The molecule has 1 aromatic heterocycles. The van der Waals surface area contributed by atoms with E-state index in [1.54, 1.807) is 26.0 Å². The highest BCUT2D eigenvalue weighted by Crippen LogP contribution is 2.29. The Labute approximate surface area is 122 Å². The van der Waals surface area contributed by atoms with E-state index in [2.05, 4.69) is 5.16 Å². The third-order valence-corrected chi connectivity index (χ3v) is 4.06. The largest absolute Gasteiger partial charge is 0.361 e. The van der Waals surface area contributed by atoms with Gasteiger partial charge in [-0.3, -0.25) is 4.79 Å². The minimum atomic E-state index is -0.236. The summed E-state index contributed by atoms with van der Waals surface area (Å²) < 4.78 is 18.0. The Balaban J connectivity index is 1.75. The van der Waals surface area contributed by atoms with Crippen molar-refractivity contribution in [3.8, 4) is 0 Å². The number of aromatic nitrogens is 1. The molecule has 0 radical (unpaired) electrons. The summed E-state index contributed by atoms with van der Waals surface area (Å²) in [5.41, 5.74) is 2.27. The van der Waals surface area contributed by atoms with Gasteiger partial charge in [-0.25, -0.2) is 4.39 Å². The number of rotatable bonds is 2. The predicted octanol–water partition coefficient (Wildman–Crippen LogP) is 3.06. The minimum absolute atomic E-state index is 0.0316. The standard InChI is InChI=1S/C16H17FN2O2/c1-10-15(11(2)21-18-10)16(20)19-8-7-13(9-19)12-3-5-14(17)6-4-12/h3-6,13H,7-9H2,1-2H3/t13-/m0/s1. The maximum atomic E-state index is 13.0. The van der Waals surface area contributed by atoms with E-state index in [0.717, 1.165) is 12.0 Å². The molecule has 1 aliphatic rings. The average molecular weight is 288 g/mol. The molecular weight excluding hydrogens is 271 g/mol. The van der Waals surface area contributed by atoms with Crippen molar-refractivity contribution in [2.24, 2.45) is 0 Å². The van der Waals surface area contributed by atoms with Crippen LogP contribution in [0, 0.1) is 19.7 Å². The van der Waals surface area contributed by atoms with E-state index < -0.39 is 0 Å². The van der Waals surface area contributed by atoms with Crippen LogP contribution in [0.4, 0.5) is 4.39 Å². The second kappa shape index (κ2) is 5.31. The van der Waals surface area contributed by atoms with Crippen molar-refractivity contribution in [2.75, 3.05) is 13.1 Å². The molecule has 0 aliphatic carbocycles. The summed E-state index contributed by atoms with van der Waals surface area (Å²) in [6, 6.07) is 6.52. The maximum absolute atomic E-state index is 13.0. The molecule has 1 fully saturated rings. The number of aryl methyl sites for hydroxylation is 2. The highest BCUT2D eigenvalue weighted by Gasteiger charge is 2.30. The van der Waals surface area contributed by atoms with E-state index in [1.807, 2.05) is 4.90 Å². The second-order valence-corrected chi connectivity index (χ2v) is 5.49. The smallest absolute Gasteiger partial charge is 0.259 e. The van der Waals surface area contributed by atoms with Crippen molar-refractivity contribution < 1.29 is 13.7 Å². The first-order valence-electron chi connectivity index (χ1n) is 7.04. The van der Waals surface area contributed by atoms with Gasteiger partial charge in [-0.2, -0.15) is 0 Å². The molecule has 3 rings (SSSR count). The Bertz CT molecular complexity index is 644. The van der Waals surface area contributed by atoms with Crippen molar-refractivity contribution in [3.05, 3.63) is 52.7 Å². The van der Waals surface area contributed by atoms with Gasteiger partial charge >= 0.3 is 0 Å². The lowest BCUT2D eigenvalue weighted by Crippen LogP contribution is -2.29. The fourth-order valence-corrected chi connectivity index (χ4v) is 2.90. The van der Waals surface area contributed by atoms with Crippen LogP contribution in [-0.4, -0.2) is 29.1 Å². The van der Waals surface area contributed by atoms with Crippen LogP contribution in [-0.2, 0) is 0 Å². The molecule has 2 heterocycles. The number of hydrogen-bond acceptors (Lipinski definition) is 3. The summed E-state index contributed by atoms with van der Waals surface area (Å²) >= 11 is 0. The summed E-state index contributed by atoms with van der Waals surface area (Å²) in [4.78, 5) is 14.4. The molecule has 1 aromatic carbocycles. The molecule has 0 spiro atoms. The Morgan fingerprint density at radius 1 is 1.33 bits per heavy atom. The number of hydrogen-bond donors (Lipinski definition) is 0. The van der Waals surface area contributed by atoms with Crippen molar-refractivity contribution >= 4 is 5.91 Å². The van der Waals surface area contributed by atoms with Crippen molar-refractivity contribution in [3.63, 3.8) is 0 Å². The first-order chi connectivity index (χ1) is 10.1. The second-order valence-electron chi connectivity index (χ2n) is 5.49. The molecule has 110 valence electrons. The molecule has 21 heavy (non-hydrogen) atoms. The number of carbonyl (C=O) groups excluding carboxylic acids is 1. The van der Waals surface area contributed by atoms with Gasteiger partial charge in [0.25, 0.3) is 5.91 Å². The van der Waals surface area contributed by atoms with Gasteiger partial charge in [0, 0.05) is 19.0 Å². The Morgan fingerprint density at radius 3 is 2.67 bits per heavy atom. The molecule has 0 unspecified atom stereocenters. The summed E-state index contributed by atoms with van der Waals surface area (Å²) in [7, 11) is 0. The van der Waals surface area contributed by atoms with Crippen molar-refractivity contribution in [2.45, 2.75) is 26.2 Å². The van der Waals surface area contributed by atoms with Crippen LogP contribution in [0.15, 0.2) is 28.8 Å². The lowest BCUT2D eigenvalue weighted by molar-refractivity contribution is 0.0788. The van der Waals surface area contributed by atoms with E-state index in [4.69, 9.17) is 4.52 Å². The number of benzene rings is 1. The molecule has 0 bridgehead atoms. The number of halogens is 1. The fraction of sp³-hybridized carbons (Fsp3) is 0.375. The number of carbonyl (C=O) groups is 1. The van der Waals surface area contributed by atoms with Gasteiger partial charge in [-0.1, -0.05) is 17.3 Å². The third-order valence-electron chi connectivity index (χ3n) is 4.06. The number of amides is 1. The molecular formula is C16H17FN2O2.